The zero-order valence-electron chi connectivity index (χ0n) is 19.7. The largest absolute Gasteiger partial charge is 0.481 e. The van der Waals surface area contributed by atoms with Crippen LogP contribution in [0.4, 0.5) is 0 Å². The highest BCUT2D eigenvalue weighted by atomic mass is 16.5. The van der Waals surface area contributed by atoms with Crippen LogP contribution in [0, 0.1) is 11.3 Å². The fourth-order valence-corrected chi connectivity index (χ4v) is 5.06. The van der Waals surface area contributed by atoms with E-state index >= 15 is 0 Å². The molecule has 2 fully saturated rings. The molecule has 0 radical (unpaired) electrons. The first-order valence-corrected chi connectivity index (χ1v) is 11.9. The van der Waals surface area contributed by atoms with Gasteiger partial charge in [0.1, 0.15) is 6.26 Å². The predicted molar refractivity (Wildman–Crippen MR) is 123 cm³/mol. The first-order chi connectivity index (χ1) is 15.7. The molecule has 2 aliphatic heterocycles. The van der Waals surface area contributed by atoms with Gasteiger partial charge in [0.05, 0.1) is 18.1 Å². The highest BCUT2D eigenvalue weighted by Gasteiger charge is 2.51. The van der Waals surface area contributed by atoms with Crippen molar-refractivity contribution in [2.75, 3.05) is 6.54 Å². The van der Waals surface area contributed by atoms with E-state index in [1.807, 2.05) is 18.2 Å². The van der Waals surface area contributed by atoms with Crippen molar-refractivity contribution < 1.29 is 23.8 Å². The van der Waals surface area contributed by atoms with E-state index in [4.69, 9.17) is 14.3 Å². The number of amides is 1. The Bertz CT molecular complexity index is 993. The van der Waals surface area contributed by atoms with Gasteiger partial charge in [-0.25, -0.2) is 4.98 Å². The highest BCUT2D eigenvalue weighted by molar-refractivity contribution is 5.91. The number of nitrogens with one attached hydrogen (secondary N) is 1. The molecular weight excluding hydrogens is 420 g/mol. The first-order valence-electron chi connectivity index (χ1n) is 11.9. The Hall–Kier alpha value is -2.67. The normalized spacial score (nSPS) is 24.2. The van der Waals surface area contributed by atoms with Crippen molar-refractivity contribution in [2.24, 2.45) is 11.3 Å². The van der Waals surface area contributed by atoms with Crippen molar-refractivity contribution in [3.63, 3.8) is 0 Å². The third-order valence-corrected chi connectivity index (χ3v) is 6.81. The lowest BCUT2D eigenvalue weighted by molar-refractivity contribution is -0.136. The summed E-state index contributed by atoms with van der Waals surface area (Å²) in [4.78, 5) is 28.2. The van der Waals surface area contributed by atoms with Crippen LogP contribution in [0.2, 0.25) is 0 Å². The fraction of sp³-hybridized carbons (Fsp3) is 0.577. The molecule has 1 amide bonds. The standard InChI is InChI=1S/C26H34N2O5/c1-26(2,3)12-13-27-24(31)19-15-32-25(28-19)23-18(20-9-10-21(23)33-20)14-17-7-5-4-6-16(17)8-11-22(29)30/h4-7,15,18,20-21,23H,8-14H2,1-3H3,(H,27,31)(H,29,30)/t18-,20+,21-,23+/m1/s1. The van der Waals surface area contributed by atoms with E-state index in [1.54, 1.807) is 0 Å². The minimum absolute atomic E-state index is 0.00703. The molecule has 0 saturated carbocycles. The summed E-state index contributed by atoms with van der Waals surface area (Å²) in [5.41, 5.74) is 2.67. The van der Waals surface area contributed by atoms with Gasteiger partial charge in [-0.15, -0.1) is 0 Å². The number of hydrogen-bond donors (Lipinski definition) is 2. The van der Waals surface area contributed by atoms with Gasteiger partial charge in [-0.05, 0) is 48.6 Å². The number of nitrogens with zero attached hydrogens (tertiary/aromatic N) is 1. The maximum Gasteiger partial charge on any atom is 0.303 e. The summed E-state index contributed by atoms with van der Waals surface area (Å²) in [5.74, 6) is -0.262. The van der Waals surface area contributed by atoms with Crippen molar-refractivity contribution >= 4 is 11.9 Å². The van der Waals surface area contributed by atoms with Gasteiger partial charge >= 0.3 is 5.97 Å². The number of carbonyl (C=O) groups is 2. The highest BCUT2D eigenvalue weighted by Crippen LogP contribution is 2.50. The summed E-state index contributed by atoms with van der Waals surface area (Å²) in [6.45, 7) is 7.02. The molecule has 2 bridgehead atoms. The summed E-state index contributed by atoms with van der Waals surface area (Å²) in [5, 5.41) is 12.0. The van der Waals surface area contributed by atoms with E-state index < -0.39 is 5.97 Å². The molecule has 3 heterocycles. The van der Waals surface area contributed by atoms with E-state index in [1.165, 1.54) is 6.26 Å². The van der Waals surface area contributed by atoms with Crippen LogP contribution < -0.4 is 5.32 Å². The molecule has 7 heteroatoms. The number of ether oxygens (including phenoxy) is 1. The minimum atomic E-state index is -0.793. The van der Waals surface area contributed by atoms with Crippen molar-refractivity contribution in [1.82, 2.24) is 10.3 Å². The Morgan fingerprint density at radius 1 is 1.15 bits per heavy atom. The SMILES string of the molecule is CC(C)(C)CCNC(=O)c1coc([C@H]2[C@H](Cc3ccccc3CCC(=O)O)[C@@H]3CC[C@H]2O3)n1. The van der Waals surface area contributed by atoms with Crippen molar-refractivity contribution in [1.29, 1.82) is 0 Å². The number of fused-ring (bicyclic) bond motifs is 2. The van der Waals surface area contributed by atoms with E-state index in [9.17, 15) is 9.59 Å². The Balaban J connectivity index is 1.47. The molecule has 2 aromatic rings. The van der Waals surface area contributed by atoms with E-state index in [2.05, 4.69) is 37.1 Å². The summed E-state index contributed by atoms with van der Waals surface area (Å²) in [6.07, 6.45) is 5.86. The lowest BCUT2D eigenvalue weighted by atomic mass is 9.75. The van der Waals surface area contributed by atoms with Gasteiger partial charge in [-0.1, -0.05) is 45.0 Å². The Labute approximate surface area is 194 Å². The first kappa shape index (κ1) is 23.5. The number of carboxylic acids is 1. The van der Waals surface area contributed by atoms with E-state index in [-0.39, 0.29) is 41.8 Å². The number of carboxylic acid groups (broad SMARTS) is 1. The van der Waals surface area contributed by atoms with Crippen LogP contribution in [-0.2, 0) is 22.4 Å². The molecule has 1 aromatic carbocycles. The van der Waals surface area contributed by atoms with Gasteiger partial charge in [0.2, 0.25) is 5.89 Å². The lowest BCUT2D eigenvalue weighted by Gasteiger charge is -2.26. The molecule has 7 nitrogen and oxygen atoms in total. The average molecular weight is 455 g/mol. The zero-order chi connectivity index (χ0) is 23.6. The molecular formula is C26H34N2O5. The van der Waals surface area contributed by atoms with Crippen LogP contribution in [0.25, 0.3) is 0 Å². The smallest absolute Gasteiger partial charge is 0.303 e. The second kappa shape index (κ2) is 9.67. The molecule has 2 aliphatic rings. The van der Waals surface area contributed by atoms with Crippen LogP contribution in [0.15, 0.2) is 34.9 Å². The fourth-order valence-electron chi connectivity index (χ4n) is 5.06. The average Bonchev–Trinajstić information content (AvgIpc) is 3.48. The second-order valence-corrected chi connectivity index (χ2v) is 10.5. The van der Waals surface area contributed by atoms with Gasteiger partial charge in [0.15, 0.2) is 5.69 Å². The van der Waals surface area contributed by atoms with Crippen LogP contribution in [-0.4, -0.2) is 40.7 Å². The second-order valence-electron chi connectivity index (χ2n) is 10.5. The molecule has 0 spiro atoms. The number of hydrogen-bond acceptors (Lipinski definition) is 5. The summed E-state index contributed by atoms with van der Waals surface area (Å²) >= 11 is 0. The number of carbonyl (C=O) groups excluding carboxylic acids is 1. The molecule has 2 saturated heterocycles. The molecule has 4 rings (SSSR count). The van der Waals surface area contributed by atoms with Crippen LogP contribution in [0.3, 0.4) is 0 Å². The van der Waals surface area contributed by atoms with Crippen molar-refractivity contribution in [2.45, 2.75) is 77.4 Å². The van der Waals surface area contributed by atoms with Crippen molar-refractivity contribution in [3.05, 3.63) is 53.2 Å². The maximum absolute atomic E-state index is 12.5. The van der Waals surface area contributed by atoms with Gasteiger partial charge in [0, 0.05) is 18.9 Å². The van der Waals surface area contributed by atoms with Gasteiger partial charge < -0.3 is 19.6 Å². The summed E-state index contributed by atoms with van der Waals surface area (Å²) in [7, 11) is 0. The zero-order valence-corrected chi connectivity index (χ0v) is 19.7. The number of rotatable bonds is 9. The molecule has 0 aliphatic carbocycles. The topological polar surface area (TPSA) is 102 Å². The molecule has 33 heavy (non-hydrogen) atoms. The molecule has 178 valence electrons. The quantitative estimate of drug-likeness (QED) is 0.584. The third kappa shape index (κ3) is 5.64. The third-order valence-electron chi connectivity index (χ3n) is 6.81. The predicted octanol–water partition coefficient (Wildman–Crippen LogP) is 4.36. The van der Waals surface area contributed by atoms with Crippen LogP contribution >= 0.6 is 0 Å². The van der Waals surface area contributed by atoms with Gasteiger partial charge in [0.25, 0.3) is 5.91 Å². The molecule has 4 atom stereocenters. The summed E-state index contributed by atoms with van der Waals surface area (Å²) < 4.78 is 12.1. The lowest BCUT2D eigenvalue weighted by Crippen LogP contribution is -2.29. The van der Waals surface area contributed by atoms with Gasteiger partial charge in [-0.2, -0.15) is 0 Å². The molecule has 2 N–H and O–H groups in total. The number of aliphatic carboxylic acids is 1. The monoisotopic (exact) mass is 454 g/mol. The number of aromatic nitrogens is 1. The molecule has 0 unspecified atom stereocenters. The van der Waals surface area contributed by atoms with E-state index in [0.717, 1.165) is 36.8 Å². The summed E-state index contributed by atoms with van der Waals surface area (Å²) in [6, 6.07) is 8.03. The van der Waals surface area contributed by atoms with Crippen molar-refractivity contribution in [3.8, 4) is 0 Å². The number of oxazole rings is 1. The van der Waals surface area contributed by atoms with E-state index in [0.29, 0.717) is 24.6 Å². The number of aryl methyl sites for hydroxylation is 1. The molecule has 1 aromatic heterocycles. The van der Waals surface area contributed by atoms with Crippen LogP contribution in [0.1, 0.15) is 79.9 Å². The Kier molecular flexibility index (Phi) is 6.88. The Morgan fingerprint density at radius 3 is 2.61 bits per heavy atom. The maximum atomic E-state index is 12.5. The van der Waals surface area contributed by atoms with Gasteiger partial charge in [-0.3, -0.25) is 9.59 Å². The number of benzene rings is 1. The Morgan fingerprint density at radius 2 is 1.88 bits per heavy atom. The minimum Gasteiger partial charge on any atom is -0.481 e. The van der Waals surface area contributed by atoms with Crippen LogP contribution in [0.5, 0.6) is 0 Å².